The number of benzene rings is 2. The molecule has 0 spiro atoms. The van der Waals surface area contributed by atoms with Crippen molar-refractivity contribution in [1.82, 2.24) is 5.32 Å². The topological polar surface area (TPSA) is 66.4 Å². The van der Waals surface area contributed by atoms with Gasteiger partial charge in [-0.2, -0.15) is 0 Å². The molecule has 4 nitrogen and oxygen atoms in total. The second-order valence-electron chi connectivity index (χ2n) is 4.81. The third kappa shape index (κ3) is 5.27. The minimum absolute atomic E-state index is 0.0929. The van der Waals surface area contributed by atoms with Crippen LogP contribution in [-0.4, -0.2) is 17.2 Å². The van der Waals surface area contributed by atoms with E-state index in [1.54, 1.807) is 24.3 Å². The van der Waals surface area contributed by atoms with E-state index in [-0.39, 0.29) is 5.78 Å². The van der Waals surface area contributed by atoms with Gasteiger partial charge in [0.1, 0.15) is 0 Å². The molecule has 0 heterocycles. The van der Waals surface area contributed by atoms with E-state index >= 15 is 0 Å². The fraction of sp³-hybridized carbons (Fsp3) is 0.188. The Kier molecular flexibility index (Phi) is 5.88. The predicted molar refractivity (Wildman–Crippen MR) is 84.2 cm³/mol. The summed E-state index contributed by atoms with van der Waals surface area (Å²) >= 11 is 0. The van der Waals surface area contributed by atoms with E-state index in [2.05, 4.69) is 5.32 Å². The van der Waals surface area contributed by atoms with E-state index in [1.165, 1.54) is 0 Å². The maximum atomic E-state index is 11.9. The largest absolute Gasteiger partial charge is 0.343 e. The average molecular weight is 303 g/mol. The smallest absolute Gasteiger partial charge is 0.218 e. The summed E-state index contributed by atoms with van der Waals surface area (Å²) in [6.45, 7) is 0.977. The molecule has 2 N–H and O–H groups in total. The summed E-state index contributed by atoms with van der Waals surface area (Å²) < 4.78 is 10.9. The third-order valence-electron chi connectivity index (χ3n) is 3.10. The lowest BCUT2D eigenvalue weighted by molar-refractivity contribution is -0.117. The van der Waals surface area contributed by atoms with Crippen LogP contribution in [0.4, 0.5) is 0 Å². The Morgan fingerprint density at radius 2 is 1.67 bits per heavy atom. The number of hydrogen-bond acceptors (Lipinski definition) is 3. The molecule has 0 aromatic heterocycles. The normalized spacial score (nSPS) is 12.0. The standard InChI is InChI=1S/C16H18NO3P/c18-15(12-17-11-14-4-2-1-3-5-14)10-13-6-8-16(9-7-13)21(19)20/h1-9,17,21H,10-12H2,(H,19,20). The summed E-state index contributed by atoms with van der Waals surface area (Å²) in [6, 6.07) is 16.6. The van der Waals surface area contributed by atoms with Crippen molar-refractivity contribution in [2.75, 3.05) is 6.54 Å². The first-order chi connectivity index (χ1) is 10.1. The van der Waals surface area contributed by atoms with Gasteiger partial charge in [0.15, 0.2) is 5.78 Å². The van der Waals surface area contributed by atoms with Crippen LogP contribution in [0.5, 0.6) is 0 Å². The monoisotopic (exact) mass is 303 g/mol. The predicted octanol–water partition coefficient (Wildman–Crippen LogP) is 1.68. The summed E-state index contributed by atoms with van der Waals surface area (Å²) in [5.41, 5.74) is 2.00. The Labute approximate surface area is 124 Å². The van der Waals surface area contributed by atoms with Crippen LogP contribution in [0.15, 0.2) is 54.6 Å². The molecule has 0 saturated heterocycles. The average Bonchev–Trinajstić information content (AvgIpc) is 2.49. The maximum Gasteiger partial charge on any atom is 0.218 e. The minimum atomic E-state index is -2.65. The van der Waals surface area contributed by atoms with Crippen LogP contribution in [0.1, 0.15) is 11.1 Å². The molecule has 0 saturated carbocycles. The van der Waals surface area contributed by atoms with E-state index in [0.29, 0.717) is 24.8 Å². The molecule has 0 amide bonds. The Bertz CT molecular complexity index is 611. The van der Waals surface area contributed by atoms with Gasteiger partial charge in [0.2, 0.25) is 8.03 Å². The van der Waals surface area contributed by atoms with Crippen molar-refractivity contribution in [3.8, 4) is 0 Å². The first-order valence-electron chi connectivity index (χ1n) is 6.74. The molecular weight excluding hydrogens is 285 g/mol. The quantitative estimate of drug-likeness (QED) is 0.764. The van der Waals surface area contributed by atoms with Gasteiger partial charge in [-0.25, -0.2) is 0 Å². The van der Waals surface area contributed by atoms with Gasteiger partial charge in [-0.15, -0.1) is 0 Å². The van der Waals surface area contributed by atoms with Gasteiger partial charge >= 0.3 is 0 Å². The number of nitrogens with one attached hydrogen (secondary N) is 1. The van der Waals surface area contributed by atoms with Crippen molar-refractivity contribution >= 4 is 19.1 Å². The zero-order valence-corrected chi connectivity index (χ0v) is 12.6. The summed E-state index contributed by atoms with van der Waals surface area (Å²) in [5, 5.41) is 3.53. The lowest BCUT2D eigenvalue weighted by Crippen LogP contribution is -2.23. The number of Topliss-reactive ketones (excluding diaryl/α,β-unsaturated/α-hetero) is 1. The Balaban J connectivity index is 1.78. The van der Waals surface area contributed by atoms with Crippen LogP contribution < -0.4 is 10.6 Å². The minimum Gasteiger partial charge on any atom is -0.343 e. The van der Waals surface area contributed by atoms with E-state index in [0.717, 1.165) is 11.1 Å². The van der Waals surface area contributed by atoms with E-state index in [4.69, 9.17) is 4.89 Å². The van der Waals surface area contributed by atoms with Crippen molar-refractivity contribution in [2.45, 2.75) is 13.0 Å². The van der Waals surface area contributed by atoms with Gasteiger partial charge in [-0.05, 0) is 23.3 Å². The highest BCUT2D eigenvalue weighted by atomic mass is 31.1. The second-order valence-corrected chi connectivity index (χ2v) is 5.99. The SMILES string of the molecule is O=C(CNCc1ccccc1)Cc1ccc([PH](=O)O)cc1. The van der Waals surface area contributed by atoms with E-state index < -0.39 is 8.03 Å². The van der Waals surface area contributed by atoms with Crippen molar-refractivity contribution in [2.24, 2.45) is 0 Å². The van der Waals surface area contributed by atoms with Gasteiger partial charge in [0, 0.05) is 18.3 Å². The Hall–Kier alpha value is -1.74. The molecule has 1 unspecified atom stereocenters. The first kappa shape index (κ1) is 15.6. The first-order valence-corrected chi connectivity index (χ1v) is 8.09. The van der Waals surface area contributed by atoms with E-state index in [1.807, 2.05) is 30.3 Å². The Morgan fingerprint density at radius 1 is 1.00 bits per heavy atom. The van der Waals surface area contributed by atoms with Gasteiger partial charge in [-0.1, -0.05) is 42.5 Å². The van der Waals surface area contributed by atoms with Crippen LogP contribution in [0.2, 0.25) is 0 Å². The molecule has 0 bridgehead atoms. The van der Waals surface area contributed by atoms with Gasteiger partial charge in [0.25, 0.3) is 0 Å². The highest BCUT2D eigenvalue weighted by molar-refractivity contribution is 7.47. The number of carbonyl (C=O) groups excluding carboxylic acids is 1. The lowest BCUT2D eigenvalue weighted by atomic mass is 10.1. The van der Waals surface area contributed by atoms with Crippen molar-refractivity contribution in [3.05, 3.63) is 65.7 Å². The molecule has 110 valence electrons. The molecule has 2 rings (SSSR count). The molecule has 0 aliphatic rings. The fourth-order valence-corrected chi connectivity index (χ4v) is 2.45. The van der Waals surface area contributed by atoms with Gasteiger partial charge in [0.05, 0.1) is 6.54 Å². The molecule has 0 aliphatic carbocycles. The summed E-state index contributed by atoms with van der Waals surface area (Å²) in [4.78, 5) is 20.8. The second kappa shape index (κ2) is 7.89. The maximum absolute atomic E-state index is 11.9. The summed E-state index contributed by atoms with van der Waals surface area (Å²) in [5.74, 6) is 0.0929. The van der Waals surface area contributed by atoms with Crippen LogP contribution in [0.25, 0.3) is 0 Å². The van der Waals surface area contributed by atoms with Crippen LogP contribution in [0.3, 0.4) is 0 Å². The number of carbonyl (C=O) groups is 1. The fourth-order valence-electron chi connectivity index (χ4n) is 2.00. The number of ketones is 1. The molecule has 0 aliphatic heterocycles. The highest BCUT2D eigenvalue weighted by Gasteiger charge is 2.05. The molecule has 2 aromatic rings. The van der Waals surface area contributed by atoms with Gasteiger partial charge in [-0.3, -0.25) is 9.36 Å². The molecular formula is C16H18NO3P. The molecule has 2 aromatic carbocycles. The summed E-state index contributed by atoms with van der Waals surface area (Å²) in [7, 11) is -2.65. The Morgan fingerprint density at radius 3 is 2.29 bits per heavy atom. The highest BCUT2D eigenvalue weighted by Crippen LogP contribution is 2.13. The van der Waals surface area contributed by atoms with E-state index in [9.17, 15) is 9.36 Å². The van der Waals surface area contributed by atoms with Crippen molar-refractivity contribution in [3.63, 3.8) is 0 Å². The molecule has 0 radical (unpaired) electrons. The third-order valence-corrected chi connectivity index (χ3v) is 3.92. The van der Waals surface area contributed by atoms with Crippen LogP contribution >= 0.6 is 8.03 Å². The lowest BCUT2D eigenvalue weighted by Gasteiger charge is -2.05. The zero-order chi connectivity index (χ0) is 15.1. The van der Waals surface area contributed by atoms with Crippen molar-refractivity contribution < 1.29 is 14.3 Å². The van der Waals surface area contributed by atoms with Crippen LogP contribution in [0, 0.1) is 0 Å². The number of rotatable bonds is 7. The summed E-state index contributed by atoms with van der Waals surface area (Å²) in [6.07, 6.45) is 0.328. The van der Waals surface area contributed by atoms with Crippen LogP contribution in [-0.2, 0) is 22.3 Å². The molecule has 21 heavy (non-hydrogen) atoms. The van der Waals surface area contributed by atoms with Crippen molar-refractivity contribution in [1.29, 1.82) is 0 Å². The molecule has 5 heteroatoms. The zero-order valence-electron chi connectivity index (χ0n) is 11.6. The molecule has 1 atom stereocenters. The van der Waals surface area contributed by atoms with Gasteiger partial charge < -0.3 is 10.2 Å². The molecule has 0 fully saturated rings. The number of hydrogen-bond donors (Lipinski definition) is 2.